The van der Waals surface area contributed by atoms with Crippen molar-refractivity contribution in [2.75, 3.05) is 5.32 Å². The molecule has 1 heterocycles. The van der Waals surface area contributed by atoms with Crippen LogP contribution in [0.1, 0.15) is 29.5 Å². The number of allylic oxidation sites excluding steroid dienone is 2. The minimum Gasteiger partial charge on any atom is -0.405 e. The Labute approximate surface area is 179 Å². The van der Waals surface area contributed by atoms with Crippen LogP contribution < -0.4 is 16.8 Å². The predicted octanol–water partition coefficient (Wildman–Crippen LogP) is 3.25. The Morgan fingerprint density at radius 3 is 2.74 bits per heavy atom. The lowest BCUT2D eigenvalue weighted by Gasteiger charge is -2.07. The summed E-state index contributed by atoms with van der Waals surface area (Å²) in [5.74, 6) is -1.16. The molecule has 2 aromatic rings. The maximum atomic E-state index is 14.3. The van der Waals surface area contributed by atoms with E-state index in [9.17, 15) is 9.18 Å². The molecule has 31 heavy (non-hydrogen) atoms. The Balaban J connectivity index is 1.73. The molecule has 1 aromatic heterocycles. The second kappa shape index (κ2) is 10.1. The van der Waals surface area contributed by atoms with Crippen molar-refractivity contribution in [3.8, 4) is 0 Å². The number of hydrogen-bond donors (Lipinski definition) is 4. The second-order valence-electron chi connectivity index (χ2n) is 6.88. The number of pyridine rings is 1. The van der Waals surface area contributed by atoms with E-state index in [0.29, 0.717) is 17.2 Å². The minimum atomic E-state index is -0.652. The molecule has 8 heteroatoms. The molecule has 1 aliphatic rings. The highest BCUT2D eigenvalue weighted by atomic mass is 19.1. The smallest absolute Gasteiger partial charge is 0.248 e. The van der Waals surface area contributed by atoms with Crippen LogP contribution in [-0.2, 0) is 4.79 Å². The summed E-state index contributed by atoms with van der Waals surface area (Å²) in [5, 5.41) is 10.3. The lowest BCUT2D eigenvalue weighted by molar-refractivity contribution is -0.111. The van der Waals surface area contributed by atoms with Crippen molar-refractivity contribution >= 4 is 35.2 Å². The molecule has 0 spiro atoms. The molecule has 6 N–H and O–H groups in total. The van der Waals surface area contributed by atoms with E-state index < -0.39 is 11.7 Å². The summed E-state index contributed by atoms with van der Waals surface area (Å²) in [6.07, 6.45) is 14.0. The summed E-state index contributed by atoms with van der Waals surface area (Å²) in [7, 11) is 0. The van der Waals surface area contributed by atoms with Gasteiger partial charge in [-0.3, -0.25) is 14.8 Å². The average molecular weight is 418 g/mol. The number of aromatic nitrogens is 1. The van der Waals surface area contributed by atoms with Crippen molar-refractivity contribution in [1.29, 1.82) is 5.41 Å². The first-order valence-electron chi connectivity index (χ1n) is 9.67. The van der Waals surface area contributed by atoms with E-state index in [-0.39, 0.29) is 11.4 Å². The van der Waals surface area contributed by atoms with Crippen molar-refractivity contribution in [2.45, 2.75) is 18.9 Å². The van der Waals surface area contributed by atoms with E-state index in [0.717, 1.165) is 24.0 Å². The number of nitrogens with one attached hydrogen (secondary N) is 2. The largest absolute Gasteiger partial charge is 0.405 e. The molecule has 0 aliphatic heterocycles. The highest BCUT2D eigenvalue weighted by Crippen LogP contribution is 2.25. The number of benzene rings is 1. The number of carbonyl (C=O) groups excluding carboxylic acids is 1. The highest BCUT2D eigenvalue weighted by Gasteiger charge is 2.19. The Bertz CT molecular complexity index is 1100. The van der Waals surface area contributed by atoms with Gasteiger partial charge in [0.2, 0.25) is 5.91 Å². The van der Waals surface area contributed by atoms with Crippen LogP contribution in [0, 0.1) is 11.2 Å². The lowest BCUT2D eigenvalue weighted by atomic mass is 10.0. The van der Waals surface area contributed by atoms with Gasteiger partial charge in [-0.1, -0.05) is 6.07 Å². The monoisotopic (exact) mass is 418 g/mol. The summed E-state index contributed by atoms with van der Waals surface area (Å²) >= 11 is 0. The van der Waals surface area contributed by atoms with Crippen LogP contribution in [0.15, 0.2) is 66.2 Å². The van der Waals surface area contributed by atoms with Gasteiger partial charge in [0.15, 0.2) is 0 Å². The van der Waals surface area contributed by atoms with Crippen molar-refractivity contribution < 1.29 is 9.18 Å². The van der Waals surface area contributed by atoms with Crippen LogP contribution in [-0.4, -0.2) is 28.9 Å². The third-order valence-corrected chi connectivity index (χ3v) is 4.53. The van der Waals surface area contributed by atoms with E-state index in [4.69, 9.17) is 16.9 Å². The van der Waals surface area contributed by atoms with Gasteiger partial charge in [-0.25, -0.2) is 4.39 Å². The van der Waals surface area contributed by atoms with E-state index in [1.165, 1.54) is 42.8 Å². The van der Waals surface area contributed by atoms with Crippen molar-refractivity contribution in [3.05, 3.63) is 83.7 Å². The molecule has 1 aromatic carbocycles. The summed E-state index contributed by atoms with van der Waals surface area (Å²) in [6.45, 7) is 0. The number of aliphatic imine (C=N–C) groups is 1. The molecule has 0 radical (unpaired) electrons. The molecule has 0 bridgehead atoms. The lowest BCUT2D eigenvalue weighted by Crippen LogP contribution is -2.10. The van der Waals surface area contributed by atoms with E-state index in [1.54, 1.807) is 30.8 Å². The van der Waals surface area contributed by atoms with Crippen LogP contribution in [0.2, 0.25) is 0 Å². The number of nitrogens with zero attached hydrogens (tertiary/aromatic N) is 2. The van der Waals surface area contributed by atoms with E-state index in [2.05, 4.69) is 15.3 Å². The van der Waals surface area contributed by atoms with Gasteiger partial charge in [-0.05, 0) is 55.0 Å². The number of amides is 1. The molecular weight excluding hydrogens is 395 g/mol. The van der Waals surface area contributed by atoms with Gasteiger partial charge in [0.25, 0.3) is 0 Å². The van der Waals surface area contributed by atoms with Crippen LogP contribution in [0.4, 0.5) is 10.1 Å². The third kappa shape index (κ3) is 5.96. The summed E-state index contributed by atoms with van der Waals surface area (Å²) in [4.78, 5) is 20.9. The van der Waals surface area contributed by atoms with Crippen LogP contribution in [0.25, 0.3) is 11.6 Å². The van der Waals surface area contributed by atoms with Gasteiger partial charge < -0.3 is 22.2 Å². The summed E-state index contributed by atoms with van der Waals surface area (Å²) in [5.41, 5.74) is 13.6. The third-order valence-electron chi connectivity index (χ3n) is 4.53. The quantitative estimate of drug-likeness (QED) is 0.387. The fourth-order valence-electron chi connectivity index (χ4n) is 2.73. The number of hydrogen-bond acceptors (Lipinski definition) is 6. The second-order valence-corrected chi connectivity index (χ2v) is 6.88. The number of nitrogens with two attached hydrogens (primary N) is 2. The molecule has 0 unspecified atom stereocenters. The average Bonchev–Trinajstić information content (AvgIpc) is 3.59. The van der Waals surface area contributed by atoms with E-state index in [1.807, 2.05) is 0 Å². The molecule has 1 saturated carbocycles. The molecule has 3 rings (SSSR count). The molecule has 0 saturated heterocycles. The Kier molecular flexibility index (Phi) is 7.05. The van der Waals surface area contributed by atoms with E-state index >= 15 is 0 Å². The van der Waals surface area contributed by atoms with Gasteiger partial charge in [-0.2, -0.15) is 0 Å². The highest BCUT2D eigenvalue weighted by molar-refractivity contribution is 6.11. The molecular formula is C23H23FN6O. The van der Waals surface area contributed by atoms with Crippen molar-refractivity contribution in [2.24, 2.45) is 16.5 Å². The zero-order valence-corrected chi connectivity index (χ0v) is 16.8. The maximum Gasteiger partial charge on any atom is 0.248 e. The van der Waals surface area contributed by atoms with Gasteiger partial charge in [-0.15, -0.1) is 0 Å². The van der Waals surface area contributed by atoms with Crippen molar-refractivity contribution in [1.82, 2.24) is 4.98 Å². The Morgan fingerprint density at radius 2 is 2.06 bits per heavy atom. The number of rotatable bonds is 8. The number of halogens is 1. The van der Waals surface area contributed by atoms with Crippen LogP contribution in [0.5, 0.6) is 0 Å². The maximum absolute atomic E-state index is 14.3. The first-order valence-corrected chi connectivity index (χ1v) is 9.67. The molecule has 1 fully saturated rings. The molecule has 0 atom stereocenters. The Hall–Kier alpha value is -4.07. The first kappa shape index (κ1) is 21.6. The fourth-order valence-corrected chi connectivity index (χ4v) is 2.73. The molecule has 7 nitrogen and oxygen atoms in total. The SMILES string of the molecule is N=C(C=CN)c1ccc(NC(=O)/C=C/c2cnccc2C(C=NC2CC2)=CN)c(F)c1. The van der Waals surface area contributed by atoms with Crippen molar-refractivity contribution in [3.63, 3.8) is 0 Å². The normalized spacial score (nSPS) is 14.5. The summed E-state index contributed by atoms with van der Waals surface area (Å²) < 4.78 is 14.3. The summed E-state index contributed by atoms with van der Waals surface area (Å²) in [6, 6.07) is 6.24. The standard InChI is InChI=1S/C23H23FN6O/c24-20-11-15(21(27)7-9-25)1-5-22(20)30-23(31)6-2-16-13-28-10-8-19(16)17(12-26)14-29-18-3-4-18/h1-2,5-14,18,27H,3-4,25-26H2,(H,30,31)/b6-2+,9-7?,17-12?,27-21?,29-14?. The predicted molar refractivity (Wildman–Crippen MR) is 122 cm³/mol. The number of anilines is 1. The van der Waals surface area contributed by atoms with Gasteiger partial charge in [0, 0.05) is 47.6 Å². The van der Waals surface area contributed by atoms with Crippen LogP contribution in [0.3, 0.4) is 0 Å². The molecule has 1 aliphatic carbocycles. The topological polar surface area (TPSA) is 130 Å². The van der Waals surface area contributed by atoms with Gasteiger partial charge >= 0.3 is 0 Å². The fraction of sp³-hybridized carbons (Fsp3) is 0.130. The van der Waals surface area contributed by atoms with Gasteiger partial charge in [0.1, 0.15) is 5.82 Å². The number of carbonyl (C=O) groups is 1. The Morgan fingerprint density at radius 1 is 1.26 bits per heavy atom. The first-order chi connectivity index (χ1) is 15.0. The zero-order chi connectivity index (χ0) is 22.2. The molecule has 158 valence electrons. The van der Waals surface area contributed by atoms with Gasteiger partial charge in [0.05, 0.1) is 17.4 Å². The molecule has 1 amide bonds. The zero-order valence-electron chi connectivity index (χ0n) is 16.8. The minimum absolute atomic E-state index is 0.00782. The van der Waals surface area contributed by atoms with Crippen LogP contribution >= 0.6 is 0 Å².